The Hall–Kier alpha value is -2.49. The standard InChI is InChI=1S/C20H27N3O/c1-14(2)18-8-6-7-15(3)20(18)22-19(24)13-21-16-9-11-17(12-10-16)23(4)5/h6-12,14,21H,13H2,1-5H3,(H,22,24). The van der Waals surface area contributed by atoms with Crippen LogP contribution in [0.15, 0.2) is 42.5 Å². The highest BCUT2D eigenvalue weighted by molar-refractivity contribution is 5.95. The van der Waals surface area contributed by atoms with Gasteiger partial charge in [-0.3, -0.25) is 4.79 Å². The van der Waals surface area contributed by atoms with E-state index in [0.717, 1.165) is 22.6 Å². The average molecular weight is 325 g/mol. The Bertz CT molecular complexity index is 691. The van der Waals surface area contributed by atoms with Gasteiger partial charge in [0.25, 0.3) is 0 Å². The third-order valence-electron chi connectivity index (χ3n) is 4.03. The molecular formula is C20H27N3O. The Balaban J connectivity index is 1.99. The van der Waals surface area contributed by atoms with Crippen molar-refractivity contribution in [2.45, 2.75) is 26.7 Å². The van der Waals surface area contributed by atoms with Gasteiger partial charge in [-0.15, -0.1) is 0 Å². The second kappa shape index (κ2) is 7.86. The Morgan fingerprint density at radius 3 is 2.33 bits per heavy atom. The SMILES string of the molecule is Cc1cccc(C(C)C)c1NC(=O)CNc1ccc(N(C)C)cc1. The first-order chi connectivity index (χ1) is 11.4. The minimum absolute atomic E-state index is 0.0390. The summed E-state index contributed by atoms with van der Waals surface area (Å²) in [6, 6.07) is 14.1. The number of aryl methyl sites for hydroxylation is 1. The van der Waals surface area contributed by atoms with Gasteiger partial charge in [0.2, 0.25) is 5.91 Å². The lowest BCUT2D eigenvalue weighted by atomic mass is 9.98. The Labute approximate surface area is 144 Å². The van der Waals surface area contributed by atoms with Gasteiger partial charge in [0.1, 0.15) is 0 Å². The molecule has 0 heterocycles. The molecule has 0 unspecified atom stereocenters. The van der Waals surface area contributed by atoms with E-state index in [1.54, 1.807) is 0 Å². The highest BCUT2D eigenvalue weighted by Crippen LogP contribution is 2.27. The predicted molar refractivity (Wildman–Crippen MR) is 103 cm³/mol. The van der Waals surface area contributed by atoms with Gasteiger partial charge in [-0.05, 0) is 48.2 Å². The zero-order valence-electron chi connectivity index (χ0n) is 15.2. The van der Waals surface area contributed by atoms with Crippen LogP contribution < -0.4 is 15.5 Å². The van der Waals surface area contributed by atoms with E-state index in [1.807, 2.05) is 62.3 Å². The predicted octanol–water partition coefficient (Wildman–Crippen LogP) is 4.24. The van der Waals surface area contributed by atoms with Crippen LogP contribution in [0.3, 0.4) is 0 Å². The molecule has 0 saturated heterocycles. The van der Waals surface area contributed by atoms with Crippen LogP contribution in [0, 0.1) is 6.92 Å². The van der Waals surface area contributed by atoms with E-state index in [4.69, 9.17) is 0 Å². The fourth-order valence-electron chi connectivity index (χ4n) is 2.59. The maximum atomic E-state index is 12.3. The summed E-state index contributed by atoms with van der Waals surface area (Å²) in [5.74, 6) is 0.328. The monoisotopic (exact) mass is 325 g/mol. The maximum Gasteiger partial charge on any atom is 0.243 e. The van der Waals surface area contributed by atoms with Crippen LogP contribution in [0.25, 0.3) is 0 Å². The largest absolute Gasteiger partial charge is 0.378 e. The van der Waals surface area contributed by atoms with Crippen molar-refractivity contribution >= 4 is 23.0 Å². The third kappa shape index (κ3) is 4.51. The van der Waals surface area contributed by atoms with Crippen molar-refractivity contribution in [1.82, 2.24) is 0 Å². The van der Waals surface area contributed by atoms with E-state index in [2.05, 4.69) is 30.5 Å². The summed E-state index contributed by atoms with van der Waals surface area (Å²) in [6.07, 6.45) is 0. The van der Waals surface area contributed by atoms with E-state index in [0.29, 0.717) is 5.92 Å². The number of amides is 1. The first-order valence-electron chi connectivity index (χ1n) is 8.29. The molecule has 2 N–H and O–H groups in total. The fourth-order valence-corrected chi connectivity index (χ4v) is 2.59. The molecular weight excluding hydrogens is 298 g/mol. The van der Waals surface area contributed by atoms with Crippen LogP contribution in [0.2, 0.25) is 0 Å². The third-order valence-corrected chi connectivity index (χ3v) is 4.03. The molecule has 0 radical (unpaired) electrons. The van der Waals surface area contributed by atoms with Gasteiger partial charge in [0.05, 0.1) is 6.54 Å². The topological polar surface area (TPSA) is 44.4 Å². The molecule has 4 nitrogen and oxygen atoms in total. The summed E-state index contributed by atoms with van der Waals surface area (Å²) in [4.78, 5) is 14.3. The van der Waals surface area contributed by atoms with Crippen LogP contribution in [0.1, 0.15) is 30.9 Å². The van der Waals surface area contributed by atoms with Gasteiger partial charge in [-0.2, -0.15) is 0 Å². The maximum absolute atomic E-state index is 12.3. The molecule has 4 heteroatoms. The minimum Gasteiger partial charge on any atom is -0.378 e. The fraction of sp³-hybridized carbons (Fsp3) is 0.350. The normalized spacial score (nSPS) is 10.6. The quantitative estimate of drug-likeness (QED) is 0.835. The van der Waals surface area contributed by atoms with Gasteiger partial charge >= 0.3 is 0 Å². The molecule has 0 atom stereocenters. The van der Waals surface area contributed by atoms with E-state index in [1.165, 1.54) is 5.56 Å². The second-order valence-electron chi connectivity index (χ2n) is 6.54. The molecule has 2 rings (SSSR count). The second-order valence-corrected chi connectivity index (χ2v) is 6.54. The zero-order chi connectivity index (χ0) is 17.7. The number of hydrogen-bond donors (Lipinski definition) is 2. The molecule has 2 aromatic carbocycles. The zero-order valence-corrected chi connectivity index (χ0v) is 15.2. The van der Waals surface area contributed by atoms with Crippen molar-refractivity contribution in [2.75, 3.05) is 36.2 Å². The van der Waals surface area contributed by atoms with Gasteiger partial charge in [0, 0.05) is 31.2 Å². The van der Waals surface area contributed by atoms with Crippen LogP contribution in [0.4, 0.5) is 17.1 Å². The molecule has 0 bridgehead atoms. The van der Waals surface area contributed by atoms with Crippen LogP contribution >= 0.6 is 0 Å². The Kier molecular flexibility index (Phi) is 5.85. The summed E-state index contributed by atoms with van der Waals surface area (Å²) >= 11 is 0. The molecule has 0 aromatic heterocycles. The molecule has 1 amide bonds. The number of anilines is 3. The molecule has 0 fully saturated rings. The molecule has 0 spiro atoms. The van der Waals surface area contributed by atoms with E-state index in [9.17, 15) is 4.79 Å². The Morgan fingerprint density at radius 2 is 1.75 bits per heavy atom. The van der Waals surface area contributed by atoms with Crippen LogP contribution in [-0.2, 0) is 4.79 Å². The first kappa shape index (κ1) is 17.9. The van der Waals surface area contributed by atoms with Crippen LogP contribution in [0.5, 0.6) is 0 Å². The van der Waals surface area contributed by atoms with E-state index >= 15 is 0 Å². The van der Waals surface area contributed by atoms with Crippen LogP contribution in [-0.4, -0.2) is 26.5 Å². The highest BCUT2D eigenvalue weighted by atomic mass is 16.1. The molecule has 24 heavy (non-hydrogen) atoms. The summed E-state index contributed by atoms with van der Waals surface area (Å²) in [5, 5.41) is 6.22. The van der Waals surface area contributed by atoms with Crippen molar-refractivity contribution in [3.05, 3.63) is 53.6 Å². The number of nitrogens with zero attached hydrogens (tertiary/aromatic N) is 1. The van der Waals surface area contributed by atoms with E-state index in [-0.39, 0.29) is 12.5 Å². The summed E-state index contributed by atoms with van der Waals surface area (Å²) in [5.41, 5.74) is 5.25. The summed E-state index contributed by atoms with van der Waals surface area (Å²) in [7, 11) is 4.01. The Morgan fingerprint density at radius 1 is 1.08 bits per heavy atom. The smallest absolute Gasteiger partial charge is 0.243 e. The molecule has 2 aromatic rings. The van der Waals surface area contributed by atoms with Gasteiger partial charge in [-0.25, -0.2) is 0 Å². The minimum atomic E-state index is -0.0390. The number of benzene rings is 2. The summed E-state index contributed by atoms with van der Waals surface area (Å²) < 4.78 is 0. The van der Waals surface area contributed by atoms with Gasteiger partial charge in [0.15, 0.2) is 0 Å². The first-order valence-corrected chi connectivity index (χ1v) is 8.29. The number of hydrogen-bond acceptors (Lipinski definition) is 3. The lowest BCUT2D eigenvalue weighted by Crippen LogP contribution is -2.23. The molecule has 0 saturated carbocycles. The van der Waals surface area contributed by atoms with E-state index < -0.39 is 0 Å². The number of para-hydroxylation sites is 1. The molecule has 128 valence electrons. The van der Waals surface area contributed by atoms with Crippen molar-refractivity contribution in [1.29, 1.82) is 0 Å². The number of nitrogens with one attached hydrogen (secondary N) is 2. The van der Waals surface area contributed by atoms with Gasteiger partial charge < -0.3 is 15.5 Å². The van der Waals surface area contributed by atoms with Gasteiger partial charge in [-0.1, -0.05) is 32.0 Å². The number of carbonyl (C=O) groups is 1. The van der Waals surface area contributed by atoms with Crippen molar-refractivity contribution < 1.29 is 4.79 Å². The highest BCUT2D eigenvalue weighted by Gasteiger charge is 2.11. The van der Waals surface area contributed by atoms with Crippen molar-refractivity contribution in [3.8, 4) is 0 Å². The number of rotatable bonds is 6. The molecule has 0 aliphatic carbocycles. The lowest BCUT2D eigenvalue weighted by Gasteiger charge is -2.17. The number of carbonyl (C=O) groups excluding carboxylic acids is 1. The average Bonchev–Trinajstić information content (AvgIpc) is 2.55. The van der Waals surface area contributed by atoms with Crippen molar-refractivity contribution in [3.63, 3.8) is 0 Å². The summed E-state index contributed by atoms with van der Waals surface area (Å²) in [6.45, 7) is 6.53. The lowest BCUT2D eigenvalue weighted by molar-refractivity contribution is -0.114. The molecule has 0 aliphatic rings. The molecule has 0 aliphatic heterocycles. The van der Waals surface area contributed by atoms with Crippen molar-refractivity contribution in [2.24, 2.45) is 0 Å².